The van der Waals surface area contributed by atoms with Crippen LogP contribution in [0.15, 0.2) is 4.47 Å². The molecule has 88 valence electrons. The zero-order valence-electron chi connectivity index (χ0n) is 9.65. The van der Waals surface area contributed by atoms with E-state index >= 15 is 0 Å². The number of fused-ring (bicyclic) bond motifs is 1. The molecule has 0 radical (unpaired) electrons. The fraction of sp³-hybridized carbons (Fsp3) is 0.538. The van der Waals surface area contributed by atoms with Gasteiger partial charge in [-0.25, -0.2) is 0 Å². The average molecular weight is 284 g/mol. The molecule has 16 heavy (non-hydrogen) atoms. The third-order valence-corrected chi connectivity index (χ3v) is 4.38. The SMILES string of the molecule is Cc1c(CCN)c(O)c(Br)c2c1CCCC2. The topological polar surface area (TPSA) is 46.2 Å². The summed E-state index contributed by atoms with van der Waals surface area (Å²) in [7, 11) is 0. The molecule has 0 atom stereocenters. The quantitative estimate of drug-likeness (QED) is 0.877. The molecule has 1 aromatic carbocycles. The van der Waals surface area contributed by atoms with Crippen LogP contribution in [-0.2, 0) is 19.3 Å². The van der Waals surface area contributed by atoms with Gasteiger partial charge in [0.25, 0.3) is 0 Å². The van der Waals surface area contributed by atoms with E-state index in [-0.39, 0.29) is 0 Å². The summed E-state index contributed by atoms with van der Waals surface area (Å²) in [6.45, 7) is 2.70. The molecule has 1 aliphatic carbocycles. The highest BCUT2D eigenvalue weighted by Crippen LogP contribution is 2.40. The Balaban J connectivity index is 2.60. The van der Waals surface area contributed by atoms with Gasteiger partial charge in [-0.1, -0.05) is 0 Å². The molecule has 0 amide bonds. The smallest absolute Gasteiger partial charge is 0.133 e. The van der Waals surface area contributed by atoms with Crippen LogP contribution in [-0.4, -0.2) is 11.7 Å². The van der Waals surface area contributed by atoms with Gasteiger partial charge < -0.3 is 10.8 Å². The maximum absolute atomic E-state index is 10.2. The highest BCUT2D eigenvalue weighted by molar-refractivity contribution is 9.10. The molecule has 0 aliphatic heterocycles. The Morgan fingerprint density at radius 2 is 1.88 bits per heavy atom. The molecule has 0 saturated carbocycles. The Kier molecular flexibility index (Phi) is 3.55. The van der Waals surface area contributed by atoms with Gasteiger partial charge in [-0.3, -0.25) is 0 Å². The normalized spacial score (nSPS) is 14.9. The molecular weight excluding hydrogens is 266 g/mol. The largest absolute Gasteiger partial charge is 0.506 e. The Hall–Kier alpha value is -0.540. The lowest BCUT2D eigenvalue weighted by atomic mass is 9.85. The molecule has 2 rings (SSSR count). The van der Waals surface area contributed by atoms with E-state index in [1.54, 1.807) is 0 Å². The number of benzene rings is 1. The second-order valence-electron chi connectivity index (χ2n) is 4.47. The first-order valence-corrected chi connectivity index (χ1v) is 6.67. The van der Waals surface area contributed by atoms with Gasteiger partial charge in [-0.15, -0.1) is 0 Å². The Bertz CT molecular complexity index is 415. The fourth-order valence-corrected chi connectivity index (χ4v) is 3.32. The first kappa shape index (κ1) is 11.9. The lowest BCUT2D eigenvalue weighted by molar-refractivity contribution is 0.461. The van der Waals surface area contributed by atoms with Gasteiger partial charge >= 0.3 is 0 Å². The van der Waals surface area contributed by atoms with E-state index in [9.17, 15) is 5.11 Å². The maximum Gasteiger partial charge on any atom is 0.133 e. The van der Waals surface area contributed by atoms with Crippen molar-refractivity contribution >= 4 is 15.9 Å². The van der Waals surface area contributed by atoms with Gasteiger partial charge in [0.2, 0.25) is 0 Å². The van der Waals surface area contributed by atoms with Crippen molar-refractivity contribution in [3.8, 4) is 5.75 Å². The number of phenolic OH excluding ortho intramolecular Hbond substituents is 1. The van der Waals surface area contributed by atoms with E-state index in [2.05, 4.69) is 22.9 Å². The van der Waals surface area contributed by atoms with E-state index in [1.165, 1.54) is 29.5 Å². The molecule has 0 fully saturated rings. The number of nitrogens with two attached hydrogens (primary N) is 1. The molecule has 3 heteroatoms. The van der Waals surface area contributed by atoms with E-state index in [1.807, 2.05) is 0 Å². The molecule has 1 aromatic rings. The van der Waals surface area contributed by atoms with Crippen molar-refractivity contribution in [2.24, 2.45) is 5.73 Å². The zero-order valence-corrected chi connectivity index (χ0v) is 11.2. The van der Waals surface area contributed by atoms with Crippen molar-refractivity contribution in [3.05, 3.63) is 26.7 Å². The Morgan fingerprint density at radius 1 is 1.25 bits per heavy atom. The van der Waals surface area contributed by atoms with Crippen molar-refractivity contribution in [1.29, 1.82) is 0 Å². The number of rotatable bonds is 2. The summed E-state index contributed by atoms with van der Waals surface area (Å²) in [6.07, 6.45) is 5.45. The lowest BCUT2D eigenvalue weighted by Crippen LogP contribution is -2.11. The van der Waals surface area contributed by atoms with Gasteiger partial charge in [0.1, 0.15) is 5.75 Å². The molecular formula is C13H18BrNO. The van der Waals surface area contributed by atoms with Crippen LogP contribution in [0.3, 0.4) is 0 Å². The van der Waals surface area contributed by atoms with E-state index in [4.69, 9.17) is 5.73 Å². The van der Waals surface area contributed by atoms with E-state index in [0.29, 0.717) is 12.3 Å². The maximum atomic E-state index is 10.2. The number of hydrogen-bond acceptors (Lipinski definition) is 2. The Morgan fingerprint density at radius 3 is 2.50 bits per heavy atom. The van der Waals surface area contributed by atoms with Gasteiger partial charge in [0.05, 0.1) is 4.47 Å². The molecule has 0 bridgehead atoms. The van der Waals surface area contributed by atoms with Crippen LogP contribution in [0.4, 0.5) is 0 Å². The third kappa shape index (κ3) is 1.87. The highest BCUT2D eigenvalue weighted by atomic mass is 79.9. The van der Waals surface area contributed by atoms with Crippen LogP contribution >= 0.6 is 15.9 Å². The summed E-state index contributed by atoms with van der Waals surface area (Å²) in [5, 5.41) is 10.2. The standard InChI is InChI=1S/C13H18BrNO/c1-8-9-4-2-3-5-11(9)12(14)13(16)10(8)6-7-15/h16H,2-7,15H2,1H3. The zero-order chi connectivity index (χ0) is 11.7. The monoisotopic (exact) mass is 283 g/mol. The predicted octanol–water partition coefficient (Wildman–Crippen LogP) is 2.84. The molecule has 2 nitrogen and oxygen atoms in total. The van der Waals surface area contributed by atoms with Crippen LogP contribution < -0.4 is 5.73 Å². The number of halogens is 1. The minimum absolute atomic E-state index is 0.406. The summed E-state index contributed by atoms with van der Waals surface area (Å²) >= 11 is 3.53. The molecule has 0 saturated heterocycles. The second kappa shape index (κ2) is 4.76. The lowest BCUT2D eigenvalue weighted by Gasteiger charge is -2.23. The summed E-state index contributed by atoms with van der Waals surface area (Å²) in [5.74, 6) is 0.406. The van der Waals surface area contributed by atoms with E-state index < -0.39 is 0 Å². The van der Waals surface area contributed by atoms with Crippen LogP contribution in [0.5, 0.6) is 5.75 Å². The summed E-state index contributed by atoms with van der Waals surface area (Å²) < 4.78 is 0.899. The van der Waals surface area contributed by atoms with Crippen molar-refractivity contribution in [3.63, 3.8) is 0 Å². The van der Waals surface area contributed by atoms with Crippen LogP contribution in [0.1, 0.15) is 35.1 Å². The van der Waals surface area contributed by atoms with Crippen molar-refractivity contribution < 1.29 is 5.11 Å². The minimum atomic E-state index is 0.406. The van der Waals surface area contributed by atoms with Crippen molar-refractivity contribution in [2.75, 3.05) is 6.54 Å². The van der Waals surface area contributed by atoms with Crippen LogP contribution in [0.2, 0.25) is 0 Å². The molecule has 0 heterocycles. The molecule has 0 spiro atoms. The molecule has 0 aromatic heterocycles. The molecule has 1 aliphatic rings. The fourth-order valence-electron chi connectivity index (χ4n) is 2.65. The number of aromatic hydroxyl groups is 1. The van der Waals surface area contributed by atoms with Crippen molar-refractivity contribution in [2.45, 2.75) is 39.0 Å². The molecule has 3 N–H and O–H groups in total. The van der Waals surface area contributed by atoms with Gasteiger partial charge in [-0.05, 0) is 83.8 Å². The Labute approximate surface area is 105 Å². The van der Waals surface area contributed by atoms with Crippen LogP contribution in [0.25, 0.3) is 0 Å². The van der Waals surface area contributed by atoms with E-state index in [0.717, 1.165) is 29.3 Å². The van der Waals surface area contributed by atoms with Gasteiger partial charge in [-0.2, -0.15) is 0 Å². The summed E-state index contributed by atoms with van der Waals surface area (Å²) in [5.41, 5.74) is 10.6. The average Bonchev–Trinajstić information content (AvgIpc) is 2.32. The number of hydrogen-bond donors (Lipinski definition) is 2. The predicted molar refractivity (Wildman–Crippen MR) is 69.9 cm³/mol. The first-order valence-electron chi connectivity index (χ1n) is 5.88. The molecule has 0 unspecified atom stereocenters. The van der Waals surface area contributed by atoms with Gasteiger partial charge in [0.15, 0.2) is 0 Å². The van der Waals surface area contributed by atoms with Crippen molar-refractivity contribution in [1.82, 2.24) is 0 Å². The van der Waals surface area contributed by atoms with Crippen LogP contribution in [0, 0.1) is 6.92 Å². The highest BCUT2D eigenvalue weighted by Gasteiger charge is 2.21. The summed E-state index contributed by atoms with van der Waals surface area (Å²) in [6, 6.07) is 0. The van der Waals surface area contributed by atoms with Gasteiger partial charge in [0, 0.05) is 0 Å². The third-order valence-electron chi connectivity index (χ3n) is 3.53. The summed E-state index contributed by atoms with van der Waals surface area (Å²) in [4.78, 5) is 0. The minimum Gasteiger partial charge on any atom is -0.506 e. The number of phenols is 1. The first-order chi connectivity index (χ1) is 7.66. The second-order valence-corrected chi connectivity index (χ2v) is 5.26.